The van der Waals surface area contributed by atoms with E-state index in [1.807, 2.05) is 12.1 Å². The largest absolute Gasteiger partial charge is 0.486 e. The van der Waals surface area contributed by atoms with E-state index in [1.54, 1.807) is 19.2 Å². The number of amides is 1. The fourth-order valence-corrected chi connectivity index (χ4v) is 1.91. The second kappa shape index (κ2) is 5.53. The van der Waals surface area contributed by atoms with E-state index in [4.69, 9.17) is 4.74 Å². The molecule has 0 heterocycles. The Kier molecular flexibility index (Phi) is 3.81. The molecular weight excluding hydrogens is 214 g/mol. The van der Waals surface area contributed by atoms with Crippen molar-refractivity contribution < 1.29 is 9.53 Å². The van der Waals surface area contributed by atoms with Crippen LogP contribution in [0.15, 0.2) is 36.4 Å². The Morgan fingerprint density at radius 2 is 2.35 bits per heavy atom. The summed E-state index contributed by atoms with van der Waals surface area (Å²) < 4.78 is 5.82. The lowest BCUT2D eigenvalue weighted by molar-refractivity contribution is 0.0962. The SMILES string of the molecule is CNC(=O)c1cccc(O[C@@H]2C=CCCC2)c1. The van der Waals surface area contributed by atoms with Gasteiger partial charge in [-0.05, 0) is 43.5 Å². The molecule has 0 spiro atoms. The number of carbonyl (C=O) groups is 1. The third-order valence-electron chi connectivity index (χ3n) is 2.82. The number of hydrogen-bond acceptors (Lipinski definition) is 2. The molecule has 0 aliphatic heterocycles. The summed E-state index contributed by atoms with van der Waals surface area (Å²) in [6.07, 6.45) is 7.73. The second-order valence-corrected chi connectivity index (χ2v) is 4.12. The highest BCUT2D eigenvalue weighted by Gasteiger charge is 2.11. The van der Waals surface area contributed by atoms with E-state index >= 15 is 0 Å². The van der Waals surface area contributed by atoms with E-state index in [0.717, 1.165) is 25.0 Å². The first-order valence-corrected chi connectivity index (χ1v) is 5.95. The normalized spacial score (nSPS) is 18.8. The summed E-state index contributed by atoms with van der Waals surface area (Å²) in [5.74, 6) is 0.664. The molecule has 3 nitrogen and oxygen atoms in total. The van der Waals surface area contributed by atoms with E-state index in [-0.39, 0.29) is 12.0 Å². The Balaban J connectivity index is 2.08. The predicted octanol–water partition coefficient (Wildman–Crippen LogP) is 2.53. The standard InChI is InChI=1S/C14H17NO2/c1-15-14(16)11-6-5-9-13(10-11)17-12-7-3-2-4-8-12/h3,5-7,9-10,12H,2,4,8H2,1H3,(H,15,16)/t12-/m1/s1. The van der Waals surface area contributed by atoms with Gasteiger partial charge in [-0.1, -0.05) is 12.1 Å². The molecule has 0 bridgehead atoms. The predicted molar refractivity (Wildman–Crippen MR) is 67.2 cm³/mol. The van der Waals surface area contributed by atoms with Crippen molar-refractivity contribution in [3.8, 4) is 5.75 Å². The highest BCUT2D eigenvalue weighted by atomic mass is 16.5. The zero-order valence-electron chi connectivity index (χ0n) is 9.98. The average molecular weight is 231 g/mol. The van der Waals surface area contributed by atoms with Crippen molar-refractivity contribution in [1.29, 1.82) is 0 Å². The van der Waals surface area contributed by atoms with E-state index < -0.39 is 0 Å². The van der Waals surface area contributed by atoms with Crippen molar-refractivity contribution in [3.05, 3.63) is 42.0 Å². The Bertz CT molecular complexity index is 426. The highest BCUT2D eigenvalue weighted by molar-refractivity contribution is 5.94. The molecule has 1 aromatic carbocycles. The highest BCUT2D eigenvalue weighted by Crippen LogP contribution is 2.20. The minimum atomic E-state index is -0.0883. The van der Waals surface area contributed by atoms with Crippen molar-refractivity contribution in [2.24, 2.45) is 0 Å². The lowest BCUT2D eigenvalue weighted by atomic mass is 10.1. The van der Waals surface area contributed by atoms with Crippen molar-refractivity contribution in [2.75, 3.05) is 7.05 Å². The molecule has 90 valence electrons. The van der Waals surface area contributed by atoms with Crippen molar-refractivity contribution in [2.45, 2.75) is 25.4 Å². The van der Waals surface area contributed by atoms with Gasteiger partial charge in [-0.25, -0.2) is 0 Å². The van der Waals surface area contributed by atoms with Gasteiger partial charge in [-0.15, -0.1) is 0 Å². The molecule has 0 unspecified atom stereocenters. The molecule has 1 N–H and O–H groups in total. The Hall–Kier alpha value is -1.77. The lowest BCUT2D eigenvalue weighted by Crippen LogP contribution is -2.19. The number of ether oxygens (including phenoxy) is 1. The zero-order valence-corrected chi connectivity index (χ0v) is 9.98. The van der Waals surface area contributed by atoms with Crippen LogP contribution in [0.2, 0.25) is 0 Å². The smallest absolute Gasteiger partial charge is 0.251 e. The summed E-state index contributed by atoms with van der Waals surface area (Å²) in [6, 6.07) is 7.28. The Labute approximate surface area is 101 Å². The van der Waals surface area contributed by atoms with Gasteiger partial charge in [0.05, 0.1) is 0 Å². The fraction of sp³-hybridized carbons (Fsp3) is 0.357. The molecular formula is C14H17NO2. The van der Waals surface area contributed by atoms with E-state index in [0.29, 0.717) is 5.56 Å². The molecule has 0 saturated carbocycles. The van der Waals surface area contributed by atoms with Crippen LogP contribution in [0.5, 0.6) is 5.75 Å². The Morgan fingerprint density at radius 1 is 1.47 bits per heavy atom. The molecule has 3 heteroatoms. The van der Waals surface area contributed by atoms with Crippen LogP contribution in [-0.2, 0) is 0 Å². The second-order valence-electron chi connectivity index (χ2n) is 4.12. The molecule has 17 heavy (non-hydrogen) atoms. The zero-order chi connectivity index (χ0) is 12.1. The van der Waals surface area contributed by atoms with Crippen LogP contribution in [-0.4, -0.2) is 19.1 Å². The topological polar surface area (TPSA) is 38.3 Å². The minimum Gasteiger partial charge on any atom is -0.486 e. The van der Waals surface area contributed by atoms with Crippen LogP contribution in [0.4, 0.5) is 0 Å². The number of rotatable bonds is 3. The quantitative estimate of drug-likeness (QED) is 0.812. The van der Waals surface area contributed by atoms with Crippen molar-refractivity contribution in [3.63, 3.8) is 0 Å². The number of nitrogens with one attached hydrogen (secondary N) is 1. The third kappa shape index (κ3) is 3.09. The third-order valence-corrected chi connectivity index (χ3v) is 2.82. The van der Waals surface area contributed by atoms with Crippen LogP contribution >= 0.6 is 0 Å². The molecule has 1 aromatic rings. The summed E-state index contributed by atoms with van der Waals surface area (Å²) in [6.45, 7) is 0. The first-order valence-electron chi connectivity index (χ1n) is 5.95. The molecule has 1 aliphatic carbocycles. The van der Waals surface area contributed by atoms with Gasteiger partial charge in [-0.3, -0.25) is 4.79 Å². The van der Waals surface area contributed by atoms with Crippen LogP contribution in [0, 0.1) is 0 Å². The van der Waals surface area contributed by atoms with Gasteiger partial charge in [0.2, 0.25) is 0 Å². The molecule has 1 amide bonds. The lowest BCUT2D eigenvalue weighted by Gasteiger charge is -2.18. The monoisotopic (exact) mass is 231 g/mol. The maximum absolute atomic E-state index is 11.5. The van der Waals surface area contributed by atoms with Gasteiger partial charge >= 0.3 is 0 Å². The molecule has 2 rings (SSSR count). The van der Waals surface area contributed by atoms with E-state index in [9.17, 15) is 4.79 Å². The van der Waals surface area contributed by atoms with Gasteiger partial charge in [0.25, 0.3) is 5.91 Å². The maximum atomic E-state index is 11.5. The molecule has 0 radical (unpaired) electrons. The molecule has 0 aromatic heterocycles. The average Bonchev–Trinajstić information content (AvgIpc) is 2.39. The minimum absolute atomic E-state index is 0.0883. The van der Waals surface area contributed by atoms with Crippen molar-refractivity contribution >= 4 is 5.91 Å². The van der Waals surface area contributed by atoms with Gasteiger partial charge in [0, 0.05) is 12.6 Å². The maximum Gasteiger partial charge on any atom is 0.251 e. The number of carbonyl (C=O) groups excluding carboxylic acids is 1. The number of hydrogen-bond donors (Lipinski definition) is 1. The first kappa shape index (κ1) is 11.7. The van der Waals surface area contributed by atoms with Crippen LogP contribution < -0.4 is 10.1 Å². The van der Waals surface area contributed by atoms with E-state index in [2.05, 4.69) is 17.5 Å². The van der Waals surface area contributed by atoms with Crippen LogP contribution in [0.1, 0.15) is 29.6 Å². The summed E-state index contributed by atoms with van der Waals surface area (Å²) >= 11 is 0. The summed E-state index contributed by atoms with van der Waals surface area (Å²) in [5, 5.41) is 2.60. The first-order chi connectivity index (χ1) is 8.29. The molecule has 1 atom stereocenters. The number of benzene rings is 1. The Morgan fingerprint density at radius 3 is 3.06 bits per heavy atom. The molecule has 0 saturated heterocycles. The van der Waals surface area contributed by atoms with Crippen molar-refractivity contribution in [1.82, 2.24) is 5.32 Å². The fourth-order valence-electron chi connectivity index (χ4n) is 1.91. The summed E-state index contributed by atoms with van der Waals surface area (Å²) in [7, 11) is 1.62. The summed E-state index contributed by atoms with van der Waals surface area (Å²) in [4.78, 5) is 11.5. The van der Waals surface area contributed by atoms with Gasteiger partial charge in [0.15, 0.2) is 0 Å². The molecule has 1 aliphatic rings. The van der Waals surface area contributed by atoms with Crippen LogP contribution in [0.3, 0.4) is 0 Å². The summed E-state index contributed by atoms with van der Waals surface area (Å²) in [5.41, 5.74) is 0.629. The molecule has 0 fully saturated rings. The number of allylic oxidation sites excluding steroid dienone is 1. The van der Waals surface area contributed by atoms with E-state index in [1.165, 1.54) is 0 Å². The van der Waals surface area contributed by atoms with Gasteiger partial charge in [-0.2, -0.15) is 0 Å². The van der Waals surface area contributed by atoms with Crippen LogP contribution in [0.25, 0.3) is 0 Å². The van der Waals surface area contributed by atoms with Gasteiger partial charge in [0.1, 0.15) is 11.9 Å². The van der Waals surface area contributed by atoms with Gasteiger partial charge < -0.3 is 10.1 Å².